The average Bonchev–Trinajstić information content (AvgIpc) is 3.41. The maximum atomic E-state index is 6.38. The number of thiazole rings is 1. The van der Waals surface area contributed by atoms with Crippen molar-refractivity contribution in [2.75, 3.05) is 63.9 Å². The predicted molar refractivity (Wildman–Crippen MR) is 132 cm³/mol. The van der Waals surface area contributed by atoms with Crippen LogP contribution in [0, 0.1) is 6.92 Å². The van der Waals surface area contributed by atoms with E-state index in [1.165, 1.54) is 9.75 Å². The molecular formula is C19H29IN6OS2. The first-order valence-corrected chi connectivity index (χ1v) is 11.5. The van der Waals surface area contributed by atoms with Crippen molar-refractivity contribution in [3.05, 3.63) is 33.5 Å². The molecule has 0 saturated carbocycles. The summed E-state index contributed by atoms with van der Waals surface area (Å²) in [5, 5.41) is 3.12. The van der Waals surface area contributed by atoms with Crippen LogP contribution in [0.15, 0.2) is 28.7 Å². The Balaban J connectivity index is 0.00000240. The van der Waals surface area contributed by atoms with Crippen LogP contribution in [0.3, 0.4) is 0 Å². The fourth-order valence-electron chi connectivity index (χ4n) is 3.69. The number of nitrogens with two attached hydrogens (primary N) is 1. The first-order chi connectivity index (χ1) is 13.7. The number of aryl methyl sites for hydroxylation is 1. The zero-order valence-corrected chi connectivity index (χ0v) is 20.7. The quantitative estimate of drug-likeness (QED) is 0.352. The van der Waals surface area contributed by atoms with Gasteiger partial charge < -0.3 is 20.3 Å². The van der Waals surface area contributed by atoms with Gasteiger partial charge in [-0.2, -0.15) is 0 Å². The Bertz CT molecular complexity index is 770. The minimum atomic E-state index is 0. The Morgan fingerprint density at radius 3 is 2.59 bits per heavy atom. The van der Waals surface area contributed by atoms with Crippen molar-refractivity contribution in [3.63, 3.8) is 0 Å². The van der Waals surface area contributed by atoms with E-state index in [1.807, 2.05) is 22.9 Å². The van der Waals surface area contributed by atoms with Gasteiger partial charge in [0.25, 0.3) is 0 Å². The van der Waals surface area contributed by atoms with Gasteiger partial charge in [-0.25, -0.2) is 4.98 Å². The molecule has 10 heteroatoms. The summed E-state index contributed by atoms with van der Waals surface area (Å²) in [6.07, 6.45) is 1.86. The van der Waals surface area contributed by atoms with E-state index in [9.17, 15) is 0 Å². The highest BCUT2D eigenvalue weighted by Crippen LogP contribution is 2.28. The summed E-state index contributed by atoms with van der Waals surface area (Å²) in [7, 11) is 0. The molecule has 4 heterocycles. The van der Waals surface area contributed by atoms with E-state index in [4.69, 9.17) is 15.5 Å². The van der Waals surface area contributed by atoms with Gasteiger partial charge in [-0.1, -0.05) is 0 Å². The molecule has 2 aromatic rings. The zero-order chi connectivity index (χ0) is 19.3. The molecule has 0 aliphatic carbocycles. The van der Waals surface area contributed by atoms with Crippen molar-refractivity contribution in [1.82, 2.24) is 14.8 Å². The molecule has 2 aromatic heterocycles. The van der Waals surface area contributed by atoms with Crippen molar-refractivity contribution in [2.45, 2.75) is 13.0 Å². The fraction of sp³-hybridized carbons (Fsp3) is 0.579. The number of hydrogen-bond acceptors (Lipinski definition) is 7. The van der Waals surface area contributed by atoms with E-state index >= 15 is 0 Å². The van der Waals surface area contributed by atoms with Gasteiger partial charge in [0, 0.05) is 60.6 Å². The van der Waals surface area contributed by atoms with Crippen molar-refractivity contribution in [3.8, 4) is 0 Å². The lowest BCUT2D eigenvalue weighted by Crippen LogP contribution is -2.51. The molecule has 0 amide bonds. The second-order valence-corrected chi connectivity index (χ2v) is 9.29. The lowest BCUT2D eigenvalue weighted by Gasteiger charge is -2.36. The molecule has 29 heavy (non-hydrogen) atoms. The van der Waals surface area contributed by atoms with Crippen molar-refractivity contribution >= 4 is 57.7 Å². The van der Waals surface area contributed by atoms with Gasteiger partial charge in [0.05, 0.1) is 25.8 Å². The summed E-state index contributed by atoms with van der Waals surface area (Å²) in [5.41, 5.74) is 6.38. The van der Waals surface area contributed by atoms with Crippen LogP contribution in [0.1, 0.15) is 15.8 Å². The lowest BCUT2D eigenvalue weighted by atomic mass is 10.2. The topological polar surface area (TPSA) is 70.2 Å². The second kappa shape index (κ2) is 10.9. The summed E-state index contributed by atoms with van der Waals surface area (Å²) < 4.78 is 5.54. The highest BCUT2D eigenvalue weighted by Gasteiger charge is 2.25. The molecular weight excluding hydrogens is 519 g/mol. The standard InChI is InChI=1S/C19H28N6OS2.HI/c1-15-2-3-17(28-15)16(23-9-11-26-12-10-23)14-22-18(20)24-5-7-25(8-6-24)19-21-4-13-27-19;/h2-4,13,16H,5-12,14H2,1H3,(H2,20,22);1H. The number of nitrogens with zero attached hydrogens (tertiary/aromatic N) is 5. The SMILES string of the molecule is Cc1ccc(C(CN=C(N)N2CCN(c3nccs3)CC2)N2CCOCC2)s1.I. The van der Waals surface area contributed by atoms with E-state index in [2.05, 4.69) is 38.7 Å². The van der Waals surface area contributed by atoms with Crippen LogP contribution in [0.25, 0.3) is 0 Å². The minimum absolute atomic E-state index is 0. The highest BCUT2D eigenvalue weighted by atomic mass is 127. The molecule has 0 bridgehead atoms. The van der Waals surface area contributed by atoms with Crippen LogP contribution in [-0.2, 0) is 4.74 Å². The van der Waals surface area contributed by atoms with Gasteiger partial charge in [-0.3, -0.25) is 9.89 Å². The number of anilines is 1. The fourth-order valence-corrected chi connectivity index (χ4v) is 5.39. The Kier molecular flexibility index (Phi) is 8.54. The first-order valence-electron chi connectivity index (χ1n) is 9.78. The summed E-state index contributed by atoms with van der Waals surface area (Å²) in [6, 6.07) is 4.70. The first kappa shape index (κ1) is 22.7. The Hall–Kier alpha value is -0.950. The van der Waals surface area contributed by atoms with Crippen LogP contribution >= 0.6 is 46.7 Å². The number of aliphatic imine (C=N–C) groups is 1. The number of rotatable bonds is 5. The van der Waals surface area contributed by atoms with E-state index in [0.717, 1.165) is 57.6 Å². The largest absolute Gasteiger partial charge is 0.379 e. The Morgan fingerprint density at radius 1 is 1.21 bits per heavy atom. The van der Waals surface area contributed by atoms with Crippen molar-refractivity contribution < 1.29 is 4.74 Å². The monoisotopic (exact) mass is 548 g/mol. The molecule has 2 fully saturated rings. The van der Waals surface area contributed by atoms with Crippen LogP contribution in [0.5, 0.6) is 0 Å². The molecule has 1 atom stereocenters. The maximum Gasteiger partial charge on any atom is 0.191 e. The molecule has 1 unspecified atom stereocenters. The number of halogens is 1. The van der Waals surface area contributed by atoms with Gasteiger partial charge in [-0.05, 0) is 19.1 Å². The smallest absolute Gasteiger partial charge is 0.191 e. The maximum absolute atomic E-state index is 6.38. The molecule has 0 radical (unpaired) electrons. The summed E-state index contributed by atoms with van der Waals surface area (Å²) in [5.74, 6) is 0.658. The molecule has 2 saturated heterocycles. The van der Waals surface area contributed by atoms with Gasteiger partial charge in [0.15, 0.2) is 11.1 Å². The number of piperazine rings is 1. The van der Waals surface area contributed by atoms with Gasteiger partial charge in [0.2, 0.25) is 0 Å². The van der Waals surface area contributed by atoms with Crippen LogP contribution < -0.4 is 10.6 Å². The molecule has 2 aliphatic rings. The van der Waals surface area contributed by atoms with Gasteiger partial charge in [0.1, 0.15) is 0 Å². The van der Waals surface area contributed by atoms with Crippen molar-refractivity contribution in [1.29, 1.82) is 0 Å². The number of aromatic nitrogens is 1. The number of thiophene rings is 1. The molecule has 160 valence electrons. The Morgan fingerprint density at radius 2 is 1.97 bits per heavy atom. The van der Waals surface area contributed by atoms with Gasteiger partial charge in [-0.15, -0.1) is 46.7 Å². The third-order valence-electron chi connectivity index (χ3n) is 5.30. The van der Waals surface area contributed by atoms with Gasteiger partial charge >= 0.3 is 0 Å². The predicted octanol–water partition coefficient (Wildman–Crippen LogP) is 2.64. The molecule has 0 spiro atoms. The molecule has 4 rings (SSSR count). The van der Waals surface area contributed by atoms with E-state index in [0.29, 0.717) is 12.5 Å². The number of hydrogen-bond donors (Lipinski definition) is 1. The summed E-state index contributed by atoms with van der Waals surface area (Å²) in [6.45, 7) is 9.96. The molecule has 0 aromatic carbocycles. The lowest BCUT2D eigenvalue weighted by molar-refractivity contribution is 0.0186. The molecule has 2 aliphatic heterocycles. The minimum Gasteiger partial charge on any atom is -0.379 e. The number of ether oxygens (including phenoxy) is 1. The molecule has 7 nitrogen and oxygen atoms in total. The summed E-state index contributed by atoms with van der Waals surface area (Å²) >= 11 is 3.55. The third-order valence-corrected chi connectivity index (χ3v) is 7.23. The van der Waals surface area contributed by atoms with Crippen LogP contribution in [-0.4, -0.2) is 79.8 Å². The molecule has 2 N–H and O–H groups in total. The van der Waals surface area contributed by atoms with E-state index < -0.39 is 0 Å². The Labute approximate surface area is 197 Å². The third kappa shape index (κ3) is 5.81. The van der Waals surface area contributed by atoms with Crippen LogP contribution in [0.4, 0.5) is 5.13 Å². The van der Waals surface area contributed by atoms with E-state index in [1.54, 1.807) is 11.3 Å². The number of morpholine rings is 1. The van der Waals surface area contributed by atoms with Crippen molar-refractivity contribution in [2.24, 2.45) is 10.7 Å². The average molecular weight is 549 g/mol. The number of guanidine groups is 1. The van der Waals surface area contributed by atoms with Crippen LogP contribution in [0.2, 0.25) is 0 Å². The zero-order valence-electron chi connectivity index (χ0n) is 16.7. The van der Waals surface area contributed by atoms with E-state index in [-0.39, 0.29) is 30.0 Å². The highest BCUT2D eigenvalue weighted by molar-refractivity contribution is 14.0. The summed E-state index contributed by atoms with van der Waals surface area (Å²) in [4.78, 5) is 18.9. The normalized spacial score (nSPS) is 19.8. The second-order valence-electron chi connectivity index (χ2n) is 7.10.